The van der Waals surface area contributed by atoms with E-state index in [0.29, 0.717) is 11.7 Å². The lowest BCUT2D eigenvalue weighted by Crippen LogP contribution is -2.38. The summed E-state index contributed by atoms with van der Waals surface area (Å²) in [7, 11) is 0. The van der Waals surface area contributed by atoms with Crippen molar-refractivity contribution in [1.82, 2.24) is 4.90 Å². The quantitative estimate of drug-likeness (QED) is 0.764. The van der Waals surface area contributed by atoms with Crippen molar-refractivity contribution in [3.8, 4) is 0 Å². The molecule has 0 bridgehead atoms. The molecule has 2 aliphatic rings. The van der Waals surface area contributed by atoms with Crippen molar-refractivity contribution in [1.29, 1.82) is 0 Å². The van der Waals surface area contributed by atoms with E-state index in [9.17, 15) is 4.79 Å². The molecular weight excluding hydrogens is 234 g/mol. The van der Waals surface area contributed by atoms with Gasteiger partial charge in [-0.25, -0.2) is 0 Å². The summed E-state index contributed by atoms with van der Waals surface area (Å²) in [6.07, 6.45) is 12.6. The van der Waals surface area contributed by atoms with Crippen molar-refractivity contribution in [3.05, 3.63) is 0 Å². The molecule has 2 heteroatoms. The molecule has 19 heavy (non-hydrogen) atoms. The molecule has 0 spiro atoms. The average Bonchev–Trinajstić information content (AvgIpc) is 2.36. The van der Waals surface area contributed by atoms with Crippen LogP contribution in [0.3, 0.4) is 0 Å². The molecule has 2 rings (SSSR count). The Morgan fingerprint density at radius 3 is 2.47 bits per heavy atom. The second-order valence-corrected chi connectivity index (χ2v) is 6.66. The van der Waals surface area contributed by atoms with Gasteiger partial charge >= 0.3 is 0 Å². The third-order valence-electron chi connectivity index (χ3n) is 5.00. The molecule has 1 saturated carbocycles. The largest absolute Gasteiger partial charge is 0.303 e. The highest BCUT2D eigenvalue weighted by Gasteiger charge is 2.29. The normalized spacial score (nSPS) is 30.9. The number of nitrogens with zero attached hydrogens (tertiary/aromatic N) is 1. The van der Waals surface area contributed by atoms with Gasteiger partial charge in [0.05, 0.1) is 0 Å². The smallest absolute Gasteiger partial charge is 0.137 e. The summed E-state index contributed by atoms with van der Waals surface area (Å²) < 4.78 is 0. The first kappa shape index (κ1) is 15.0. The Kier molecular flexibility index (Phi) is 6.36. The number of Topliss-reactive ketones (excluding diaryl/α,β-unsaturated/α-hetero) is 1. The van der Waals surface area contributed by atoms with Crippen LogP contribution in [0.5, 0.6) is 0 Å². The van der Waals surface area contributed by atoms with E-state index in [-0.39, 0.29) is 0 Å². The van der Waals surface area contributed by atoms with E-state index in [1.165, 1.54) is 64.5 Å². The Balaban J connectivity index is 1.82. The van der Waals surface area contributed by atoms with Crippen molar-refractivity contribution >= 4 is 5.78 Å². The summed E-state index contributed by atoms with van der Waals surface area (Å²) in [6.45, 7) is 5.77. The monoisotopic (exact) mass is 265 g/mol. The Morgan fingerprint density at radius 2 is 1.79 bits per heavy atom. The average molecular weight is 265 g/mol. The molecule has 110 valence electrons. The Morgan fingerprint density at radius 1 is 1.11 bits per heavy atom. The van der Waals surface area contributed by atoms with E-state index in [1.807, 2.05) is 0 Å². The molecule has 1 saturated heterocycles. The Hall–Kier alpha value is -0.370. The predicted octanol–water partition coefficient (Wildman–Crippen LogP) is 4.04. The van der Waals surface area contributed by atoms with E-state index in [1.54, 1.807) is 0 Å². The Bertz CT molecular complexity index is 268. The lowest BCUT2D eigenvalue weighted by molar-refractivity contribution is -0.126. The van der Waals surface area contributed by atoms with Gasteiger partial charge in [0.25, 0.3) is 0 Å². The van der Waals surface area contributed by atoms with Crippen LogP contribution in [0, 0.1) is 11.8 Å². The minimum Gasteiger partial charge on any atom is -0.303 e. The molecule has 1 aliphatic carbocycles. The van der Waals surface area contributed by atoms with E-state index in [4.69, 9.17) is 0 Å². The molecular formula is C17H31NO. The van der Waals surface area contributed by atoms with Crippen LogP contribution in [0.1, 0.15) is 71.1 Å². The number of hydrogen-bond acceptors (Lipinski definition) is 2. The summed E-state index contributed by atoms with van der Waals surface area (Å²) >= 11 is 0. The minimum atomic E-state index is 0.352. The van der Waals surface area contributed by atoms with Gasteiger partial charge in [0.15, 0.2) is 0 Å². The van der Waals surface area contributed by atoms with E-state index < -0.39 is 0 Å². The van der Waals surface area contributed by atoms with Gasteiger partial charge in [-0.05, 0) is 44.7 Å². The maximum atomic E-state index is 12.1. The molecule has 0 N–H and O–H groups in total. The van der Waals surface area contributed by atoms with Crippen LogP contribution in [0.15, 0.2) is 0 Å². The molecule has 1 aliphatic heterocycles. The van der Waals surface area contributed by atoms with Crippen LogP contribution >= 0.6 is 0 Å². The van der Waals surface area contributed by atoms with Crippen molar-refractivity contribution in [2.75, 3.05) is 19.6 Å². The topological polar surface area (TPSA) is 20.3 Å². The van der Waals surface area contributed by atoms with Crippen LogP contribution in [-0.2, 0) is 4.79 Å². The summed E-state index contributed by atoms with van der Waals surface area (Å²) in [5, 5.41) is 0. The van der Waals surface area contributed by atoms with Crippen LogP contribution in [0.25, 0.3) is 0 Å². The van der Waals surface area contributed by atoms with Crippen LogP contribution in [-0.4, -0.2) is 30.3 Å². The van der Waals surface area contributed by atoms with E-state index >= 15 is 0 Å². The zero-order valence-corrected chi connectivity index (χ0v) is 12.7. The van der Waals surface area contributed by atoms with Gasteiger partial charge in [-0.3, -0.25) is 4.79 Å². The van der Waals surface area contributed by atoms with Gasteiger partial charge in [-0.15, -0.1) is 0 Å². The number of carbonyl (C=O) groups is 1. The highest BCUT2D eigenvalue weighted by Crippen LogP contribution is 2.30. The molecule has 0 aromatic heterocycles. The number of likely N-dealkylation sites (tertiary alicyclic amines) is 1. The highest BCUT2D eigenvalue weighted by molar-refractivity contribution is 5.81. The van der Waals surface area contributed by atoms with Gasteiger partial charge < -0.3 is 4.90 Å². The molecule has 0 amide bonds. The SMILES string of the molecule is CCCC1CCC(=O)C(CN2CCCCCCC2)C1. The molecule has 1 heterocycles. The van der Waals surface area contributed by atoms with Gasteiger partial charge in [-0.2, -0.15) is 0 Å². The second-order valence-electron chi connectivity index (χ2n) is 6.66. The van der Waals surface area contributed by atoms with Gasteiger partial charge in [0.1, 0.15) is 5.78 Å². The van der Waals surface area contributed by atoms with Crippen molar-refractivity contribution in [2.24, 2.45) is 11.8 Å². The predicted molar refractivity (Wildman–Crippen MR) is 80.3 cm³/mol. The lowest BCUT2D eigenvalue weighted by Gasteiger charge is -2.33. The molecule has 2 atom stereocenters. The molecule has 0 aromatic carbocycles. The minimum absolute atomic E-state index is 0.352. The van der Waals surface area contributed by atoms with Gasteiger partial charge in [0, 0.05) is 18.9 Å². The second kappa shape index (κ2) is 8.04. The Labute approximate surface area is 118 Å². The molecule has 2 fully saturated rings. The fourth-order valence-electron chi connectivity index (χ4n) is 3.86. The van der Waals surface area contributed by atoms with E-state index in [0.717, 1.165) is 25.3 Å². The summed E-state index contributed by atoms with van der Waals surface area (Å²) in [5.41, 5.74) is 0. The number of hydrogen-bond donors (Lipinski definition) is 0. The standard InChI is InChI=1S/C17H31NO/c1-2-8-15-9-10-17(19)16(13-15)14-18-11-6-4-3-5-7-12-18/h15-16H,2-14H2,1H3. The maximum Gasteiger partial charge on any atom is 0.137 e. The maximum absolute atomic E-state index is 12.1. The van der Waals surface area contributed by atoms with Crippen molar-refractivity contribution in [3.63, 3.8) is 0 Å². The first-order valence-corrected chi connectivity index (χ1v) is 8.54. The molecule has 0 radical (unpaired) electrons. The molecule has 2 nitrogen and oxygen atoms in total. The number of carbonyl (C=O) groups excluding carboxylic acids is 1. The van der Waals surface area contributed by atoms with Crippen molar-refractivity contribution < 1.29 is 4.79 Å². The van der Waals surface area contributed by atoms with Crippen molar-refractivity contribution in [2.45, 2.75) is 71.1 Å². The number of rotatable bonds is 4. The van der Waals surface area contributed by atoms with Crippen LogP contribution < -0.4 is 0 Å². The van der Waals surface area contributed by atoms with Gasteiger partial charge in [0.2, 0.25) is 0 Å². The summed E-state index contributed by atoms with van der Waals surface area (Å²) in [5.74, 6) is 1.72. The molecule has 2 unspecified atom stereocenters. The van der Waals surface area contributed by atoms with Crippen LogP contribution in [0.2, 0.25) is 0 Å². The zero-order chi connectivity index (χ0) is 13.5. The highest BCUT2D eigenvalue weighted by atomic mass is 16.1. The fourth-order valence-corrected chi connectivity index (χ4v) is 3.86. The zero-order valence-electron chi connectivity index (χ0n) is 12.7. The number of ketones is 1. The molecule has 0 aromatic rings. The van der Waals surface area contributed by atoms with E-state index in [2.05, 4.69) is 11.8 Å². The fraction of sp³-hybridized carbons (Fsp3) is 0.941. The third-order valence-corrected chi connectivity index (χ3v) is 5.00. The summed E-state index contributed by atoms with van der Waals surface area (Å²) in [4.78, 5) is 14.7. The lowest BCUT2D eigenvalue weighted by atomic mass is 9.78. The first-order valence-electron chi connectivity index (χ1n) is 8.54. The summed E-state index contributed by atoms with van der Waals surface area (Å²) in [6, 6.07) is 0. The third kappa shape index (κ3) is 4.91. The van der Waals surface area contributed by atoms with Gasteiger partial charge in [-0.1, -0.05) is 39.0 Å². The first-order chi connectivity index (χ1) is 9.29. The van der Waals surface area contributed by atoms with Crippen LogP contribution in [0.4, 0.5) is 0 Å².